The Morgan fingerprint density at radius 1 is 1.09 bits per heavy atom. The van der Waals surface area contributed by atoms with E-state index in [-0.39, 0.29) is 11.3 Å². The first kappa shape index (κ1) is 15.3. The average molecular weight is 323 g/mol. The summed E-state index contributed by atoms with van der Waals surface area (Å²) >= 11 is 0. The number of aromatic carboxylic acids is 1. The van der Waals surface area contributed by atoms with Gasteiger partial charge in [0.1, 0.15) is 0 Å². The predicted molar refractivity (Wildman–Crippen MR) is 85.0 cm³/mol. The van der Waals surface area contributed by atoms with Crippen molar-refractivity contribution in [3.63, 3.8) is 0 Å². The zero-order chi connectivity index (χ0) is 15.7. The number of hydrogen-bond donors (Lipinski definition) is 1. The molecule has 1 saturated heterocycles. The fourth-order valence-electron chi connectivity index (χ4n) is 3.48. The van der Waals surface area contributed by atoms with Crippen LogP contribution in [0.5, 0.6) is 0 Å². The molecule has 1 N–H and O–H groups in total. The van der Waals surface area contributed by atoms with Crippen molar-refractivity contribution < 1.29 is 18.3 Å². The number of carbonyl (C=O) groups is 1. The molecule has 6 heteroatoms. The molecule has 5 nitrogen and oxygen atoms in total. The molecule has 2 fully saturated rings. The van der Waals surface area contributed by atoms with Gasteiger partial charge in [0.2, 0.25) is 10.0 Å². The van der Waals surface area contributed by atoms with Gasteiger partial charge < -0.3 is 5.11 Å². The minimum Gasteiger partial charge on any atom is -0.478 e. The van der Waals surface area contributed by atoms with Crippen molar-refractivity contribution in [2.24, 2.45) is 0 Å². The van der Waals surface area contributed by atoms with E-state index in [1.165, 1.54) is 10.4 Å². The third-order valence-electron chi connectivity index (χ3n) is 4.65. The number of nitrogens with zero attached hydrogens (tertiary/aromatic N) is 1. The quantitative estimate of drug-likeness (QED) is 0.928. The Morgan fingerprint density at radius 3 is 2.45 bits per heavy atom. The summed E-state index contributed by atoms with van der Waals surface area (Å²) in [6.45, 7) is 0.440. The molecule has 1 heterocycles. The predicted octanol–water partition coefficient (Wildman–Crippen LogP) is 2.97. The van der Waals surface area contributed by atoms with Crippen molar-refractivity contribution in [2.75, 3.05) is 16.6 Å². The van der Waals surface area contributed by atoms with Gasteiger partial charge in [0.15, 0.2) is 0 Å². The highest BCUT2D eigenvalue weighted by Gasteiger charge is 2.28. The van der Waals surface area contributed by atoms with Gasteiger partial charge in [-0.3, -0.25) is 4.31 Å². The summed E-state index contributed by atoms with van der Waals surface area (Å²) in [7, 11) is -3.32. The highest BCUT2D eigenvalue weighted by atomic mass is 32.2. The molecule has 0 bridgehead atoms. The van der Waals surface area contributed by atoms with E-state index in [0.29, 0.717) is 24.6 Å². The number of sulfonamides is 1. The SMILES string of the molecule is O=C(O)c1cc(C2CCCC2)cc(N2CCCCS2(=O)=O)c1. The van der Waals surface area contributed by atoms with Crippen molar-refractivity contribution >= 4 is 21.7 Å². The number of carboxylic acid groups (broad SMARTS) is 1. The number of carboxylic acids is 1. The third-order valence-corrected chi connectivity index (χ3v) is 6.52. The molecule has 1 aromatic carbocycles. The lowest BCUT2D eigenvalue weighted by Gasteiger charge is -2.29. The average Bonchev–Trinajstić information content (AvgIpc) is 3.00. The van der Waals surface area contributed by atoms with Crippen LogP contribution in [0.4, 0.5) is 5.69 Å². The van der Waals surface area contributed by atoms with Crippen molar-refractivity contribution in [1.29, 1.82) is 0 Å². The molecular formula is C16H21NO4S. The Hall–Kier alpha value is -1.56. The van der Waals surface area contributed by atoms with Gasteiger partial charge in [0, 0.05) is 6.54 Å². The zero-order valence-corrected chi connectivity index (χ0v) is 13.3. The van der Waals surface area contributed by atoms with Crippen LogP contribution in [-0.4, -0.2) is 31.8 Å². The van der Waals surface area contributed by atoms with Crippen LogP contribution in [0, 0.1) is 0 Å². The number of rotatable bonds is 3. The standard InChI is InChI=1S/C16H21NO4S/c18-16(19)14-9-13(12-5-1-2-6-12)10-15(11-14)17-7-3-4-8-22(17,20)21/h9-12H,1-8H2,(H,18,19). The fourth-order valence-corrected chi connectivity index (χ4v) is 5.10. The van der Waals surface area contributed by atoms with Crippen LogP contribution in [0.25, 0.3) is 0 Å². The van der Waals surface area contributed by atoms with Crippen LogP contribution >= 0.6 is 0 Å². The minimum absolute atomic E-state index is 0.142. The Labute approximate surface area is 131 Å². The van der Waals surface area contributed by atoms with Gasteiger partial charge in [-0.15, -0.1) is 0 Å². The Bertz CT molecular complexity index is 677. The van der Waals surface area contributed by atoms with Crippen LogP contribution in [-0.2, 0) is 10.0 Å². The fraction of sp³-hybridized carbons (Fsp3) is 0.562. The Morgan fingerprint density at radius 2 is 1.82 bits per heavy atom. The van der Waals surface area contributed by atoms with E-state index in [4.69, 9.17) is 0 Å². The third kappa shape index (κ3) is 2.97. The Kier molecular flexibility index (Phi) is 4.12. The van der Waals surface area contributed by atoms with Crippen molar-refractivity contribution in [2.45, 2.75) is 44.4 Å². The van der Waals surface area contributed by atoms with E-state index in [9.17, 15) is 18.3 Å². The second-order valence-corrected chi connectivity index (χ2v) is 8.21. The van der Waals surface area contributed by atoms with Gasteiger partial charge in [-0.25, -0.2) is 13.2 Å². The molecule has 0 atom stereocenters. The molecule has 1 aliphatic heterocycles. The van der Waals surface area contributed by atoms with E-state index in [2.05, 4.69) is 0 Å². The summed E-state index contributed by atoms with van der Waals surface area (Å²) in [4.78, 5) is 11.4. The Balaban J connectivity index is 2.04. The highest BCUT2D eigenvalue weighted by molar-refractivity contribution is 7.92. The molecule has 1 aliphatic carbocycles. The van der Waals surface area contributed by atoms with Gasteiger partial charge >= 0.3 is 5.97 Å². The first-order valence-corrected chi connectivity index (χ1v) is 9.47. The summed E-state index contributed by atoms with van der Waals surface area (Å²) in [6.07, 6.45) is 5.89. The molecule has 0 amide bonds. The number of hydrogen-bond acceptors (Lipinski definition) is 3. The highest BCUT2D eigenvalue weighted by Crippen LogP contribution is 2.37. The molecule has 1 saturated carbocycles. The van der Waals surface area contributed by atoms with Crippen LogP contribution in [0.2, 0.25) is 0 Å². The molecular weight excluding hydrogens is 302 g/mol. The van der Waals surface area contributed by atoms with E-state index in [1.54, 1.807) is 6.07 Å². The maximum atomic E-state index is 12.3. The summed E-state index contributed by atoms with van der Waals surface area (Å²) in [5, 5.41) is 9.34. The maximum absolute atomic E-state index is 12.3. The molecule has 120 valence electrons. The van der Waals surface area contributed by atoms with Crippen LogP contribution in [0.3, 0.4) is 0 Å². The van der Waals surface area contributed by atoms with Gasteiger partial charge in [-0.2, -0.15) is 0 Å². The summed E-state index contributed by atoms with van der Waals surface area (Å²) in [5.74, 6) is -0.510. The van der Waals surface area contributed by atoms with Crippen molar-refractivity contribution in [3.8, 4) is 0 Å². The molecule has 3 rings (SSSR count). The van der Waals surface area contributed by atoms with E-state index >= 15 is 0 Å². The van der Waals surface area contributed by atoms with Crippen LogP contribution in [0.1, 0.15) is 60.4 Å². The van der Waals surface area contributed by atoms with Gasteiger partial charge in [-0.05, 0) is 55.4 Å². The normalized spacial score (nSPS) is 21.9. The van der Waals surface area contributed by atoms with E-state index < -0.39 is 16.0 Å². The maximum Gasteiger partial charge on any atom is 0.335 e. The molecule has 0 spiro atoms. The van der Waals surface area contributed by atoms with E-state index in [1.807, 2.05) is 6.07 Å². The first-order valence-electron chi connectivity index (χ1n) is 7.86. The topological polar surface area (TPSA) is 74.7 Å². The molecule has 0 aromatic heterocycles. The summed E-state index contributed by atoms with van der Waals surface area (Å²) in [5.41, 5.74) is 1.66. The largest absolute Gasteiger partial charge is 0.478 e. The smallest absolute Gasteiger partial charge is 0.335 e. The number of benzene rings is 1. The lowest BCUT2D eigenvalue weighted by molar-refractivity contribution is 0.0696. The molecule has 1 aromatic rings. The minimum atomic E-state index is -3.32. The second kappa shape index (κ2) is 5.91. The summed E-state index contributed by atoms with van der Waals surface area (Å²) in [6, 6.07) is 5.08. The van der Waals surface area contributed by atoms with Crippen LogP contribution in [0.15, 0.2) is 18.2 Å². The molecule has 2 aliphatic rings. The van der Waals surface area contributed by atoms with Crippen molar-refractivity contribution in [3.05, 3.63) is 29.3 Å². The summed E-state index contributed by atoms with van der Waals surface area (Å²) < 4.78 is 25.9. The van der Waals surface area contributed by atoms with Crippen LogP contribution < -0.4 is 4.31 Å². The lowest BCUT2D eigenvalue weighted by atomic mass is 9.95. The first-order chi connectivity index (χ1) is 10.5. The van der Waals surface area contributed by atoms with E-state index in [0.717, 1.165) is 37.7 Å². The second-order valence-electron chi connectivity index (χ2n) is 6.20. The van der Waals surface area contributed by atoms with Gasteiger partial charge in [0.25, 0.3) is 0 Å². The molecule has 22 heavy (non-hydrogen) atoms. The number of anilines is 1. The molecule has 0 radical (unpaired) electrons. The zero-order valence-electron chi connectivity index (χ0n) is 12.5. The van der Waals surface area contributed by atoms with Gasteiger partial charge in [0.05, 0.1) is 17.0 Å². The van der Waals surface area contributed by atoms with Gasteiger partial charge in [-0.1, -0.05) is 12.8 Å². The molecule has 0 unspecified atom stereocenters. The van der Waals surface area contributed by atoms with Crippen molar-refractivity contribution in [1.82, 2.24) is 0 Å². The lowest BCUT2D eigenvalue weighted by Crippen LogP contribution is -2.38. The monoisotopic (exact) mass is 323 g/mol.